The smallest absolute Gasteiger partial charge is 0.243 e. The van der Waals surface area contributed by atoms with E-state index in [2.05, 4.69) is 4.98 Å². The van der Waals surface area contributed by atoms with Crippen LogP contribution in [0.15, 0.2) is 18.7 Å². The van der Waals surface area contributed by atoms with E-state index in [1.54, 1.807) is 28.2 Å². The Kier molecular flexibility index (Phi) is 1.74. The fourth-order valence-corrected chi connectivity index (χ4v) is 1.15. The van der Waals surface area contributed by atoms with Crippen molar-refractivity contribution < 1.29 is 4.79 Å². The Morgan fingerprint density at radius 1 is 1.77 bits per heavy atom. The number of nitriles is 1. The summed E-state index contributed by atoms with van der Waals surface area (Å²) in [5, 5.41) is 8.49. The lowest BCUT2D eigenvalue weighted by Crippen LogP contribution is -2.18. The lowest BCUT2D eigenvalue weighted by Gasteiger charge is -2.01. The topological polar surface area (TPSA) is 61.7 Å². The van der Waals surface area contributed by atoms with Crippen molar-refractivity contribution in [3.8, 4) is 6.07 Å². The molecule has 66 valence electrons. The Balaban J connectivity index is 1.91. The van der Waals surface area contributed by atoms with Crippen LogP contribution in [0.3, 0.4) is 0 Å². The van der Waals surface area contributed by atoms with Crippen LogP contribution in [0.4, 0.5) is 0 Å². The summed E-state index contributed by atoms with van der Waals surface area (Å²) in [7, 11) is 0. The Labute approximate surface area is 75.2 Å². The third-order valence-electron chi connectivity index (χ3n) is 1.96. The van der Waals surface area contributed by atoms with Gasteiger partial charge in [0.05, 0.1) is 18.9 Å². The molecule has 0 bridgehead atoms. The molecule has 0 aromatic carbocycles. The Bertz CT molecular complexity index is 351. The van der Waals surface area contributed by atoms with Gasteiger partial charge in [0.15, 0.2) is 0 Å². The number of nitrogens with zero attached hydrogens (tertiary/aromatic N) is 4. The van der Waals surface area contributed by atoms with Gasteiger partial charge in [0.1, 0.15) is 12.6 Å². The average Bonchev–Trinajstić information content (AvgIpc) is 2.77. The van der Waals surface area contributed by atoms with E-state index in [1.165, 1.54) is 0 Å². The van der Waals surface area contributed by atoms with Crippen LogP contribution in [0, 0.1) is 11.3 Å². The van der Waals surface area contributed by atoms with Gasteiger partial charge in [-0.3, -0.25) is 4.79 Å². The van der Waals surface area contributed by atoms with Gasteiger partial charge in [0, 0.05) is 12.4 Å². The van der Waals surface area contributed by atoms with Crippen molar-refractivity contribution in [3.05, 3.63) is 18.7 Å². The SMILES string of the molecule is N#CC1CN1C(=O)Cn1ccnc1. The summed E-state index contributed by atoms with van der Waals surface area (Å²) in [4.78, 5) is 16.7. The van der Waals surface area contributed by atoms with E-state index in [0.717, 1.165) is 0 Å². The highest BCUT2D eigenvalue weighted by Gasteiger charge is 2.38. The maximum absolute atomic E-state index is 11.4. The number of carbonyl (C=O) groups is 1. The Morgan fingerprint density at radius 3 is 3.15 bits per heavy atom. The van der Waals surface area contributed by atoms with Crippen LogP contribution < -0.4 is 0 Å². The molecule has 1 fully saturated rings. The molecule has 0 saturated carbocycles. The van der Waals surface area contributed by atoms with Crippen molar-refractivity contribution in [1.82, 2.24) is 14.5 Å². The van der Waals surface area contributed by atoms with Crippen molar-refractivity contribution >= 4 is 5.91 Å². The van der Waals surface area contributed by atoms with Crippen molar-refractivity contribution in [2.75, 3.05) is 6.54 Å². The number of aromatic nitrogens is 2. The molecule has 1 aromatic rings. The number of hydrogen-bond acceptors (Lipinski definition) is 3. The van der Waals surface area contributed by atoms with Gasteiger partial charge >= 0.3 is 0 Å². The normalized spacial score (nSPS) is 19.6. The molecule has 1 atom stereocenters. The molecular weight excluding hydrogens is 168 g/mol. The van der Waals surface area contributed by atoms with E-state index < -0.39 is 0 Å². The van der Waals surface area contributed by atoms with Crippen LogP contribution >= 0.6 is 0 Å². The second kappa shape index (κ2) is 2.90. The zero-order valence-electron chi connectivity index (χ0n) is 6.92. The molecule has 1 saturated heterocycles. The van der Waals surface area contributed by atoms with Gasteiger partial charge in [0.2, 0.25) is 5.91 Å². The van der Waals surface area contributed by atoms with E-state index >= 15 is 0 Å². The molecular formula is C8H8N4O. The summed E-state index contributed by atoms with van der Waals surface area (Å²) in [5.74, 6) is -0.0236. The summed E-state index contributed by atoms with van der Waals surface area (Å²) in [6.07, 6.45) is 4.93. The summed E-state index contributed by atoms with van der Waals surface area (Å²) in [6.45, 7) is 0.849. The van der Waals surface area contributed by atoms with Crippen molar-refractivity contribution in [2.45, 2.75) is 12.6 Å². The van der Waals surface area contributed by atoms with Gasteiger partial charge in [-0.15, -0.1) is 0 Å². The molecule has 0 radical (unpaired) electrons. The molecule has 0 spiro atoms. The Morgan fingerprint density at radius 2 is 2.62 bits per heavy atom. The molecule has 5 heteroatoms. The summed E-state index contributed by atoms with van der Waals surface area (Å²) >= 11 is 0. The van der Waals surface area contributed by atoms with Crippen LogP contribution in [-0.2, 0) is 11.3 Å². The van der Waals surface area contributed by atoms with Gasteiger partial charge in [-0.1, -0.05) is 0 Å². The van der Waals surface area contributed by atoms with E-state index in [1.807, 2.05) is 6.07 Å². The van der Waals surface area contributed by atoms with Crippen LogP contribution in [-0.4, -0.2) is 32.9 Å². The van der Waals surface area contributed by atoms with Crippen molar-refractivity contribution in [1.29, 1.82) is 5.26 Å². The first-order chi connectivity index (χ1) is 6.31. The van der Waals surface area contributed by atoms with E-state index in [9.17, 15) is 4.79 Å². The minimum absolute atomic E-state index is 0.0236. The maximum Gasteiger partial charge on any atom is 0.243 e. The first-order valence-corrected chi connectivity index (χ1v) is 3.96. The van der Waals surface area contributed by atoms with E-state index in [-0.39, 0.29) is 18.5 Å². The number of imidazole rings is 1. The third kappa shape index (κ3) is 1.51. The molecule has 0 aliphatic carbocycles. The fraction of sp³-hybridized carbons (Fsp3) is 0.375. The summed E-state index contributed by atoms with van der Waals surface area (Å²) in [5.41, 5.74) is 0. The number of amides is 1. The van der Waals surface area contributed by atoms with E-state index in [0.29, 0.717) is 6.54 Å². The lowest BCUT2D eigenvalue weighted by atomic mass is 10.5. The van der Waals surface area contributed by atoms with Crippen molar-refractivity contribution in [3.63, 3.8) is 0 Å². The van der Waals surface area contributed by atoms with Gasteiger partial charge in [-0.25, -0.2) is 4.98 Å². The van der Waals surface area contributed by atoms with Crippen LogP contribution in [0.1, 0.15) is 0 Å². The van der Waals surface area contributed by atoms with Gasteiger partial charge < -0.3 is 9.47 Å². The maximum atomic E-state index is 11.4. The summed E-state index contributed by atoms with van der Waals surface area (Å²) in [6, 6.07) is 1.83. The van der Waals surface area contributed by atoms with Crippen LogP contribution in [0.25, 0.3) is 0 Å². The standard InChI is InChI=1S/C8H8N4O/c9-3-7-4-12(7)8(13)5-11-2-1-10-6-11/h1-2,6-7H,4-5H2. The summed E-state index contributed by atoms with van der Waals surface area (Å²) < 4.78 is 1.69. The number of hydrogen-bond donors (Lipinski definition) is 0. The quantitative estimate of drug-likeness (QED) is 0.577. The van der Waals surface area contributed by atoms with Gasteiger partial charge in [-0.2, -0.15) is 5.26 Å². The second-order valence-electron chi connectivity index (χ2n) is 2.93. The zero-order valence-corrected chi connectivity index (χ0v) is 6.92. The first kappa shape index (κ1) is 7.80. The lowest BCUT2D eigenvalue weighted by molar-refractivity contribution is -0.126. The molecule has 1 amide bonds. The highest BCUT2D eigenvalue weighted by atomic mass is 16.2. The predicted octanol–water partition coefficient (Wildman–Crippen LogP) is -0.383. The first-order valence-electron chi connectivity index (χ1n) is 3.96. The van der Waals surface area contributed by atoms with Crippen LogP contribution in [0.5, 0.6) is 0 Å². The predicted molar refractivity (Wildman–Crippen MR) is 43.3 cm³/mol. The van der Waals surface area contributed by atoms with Gasteiger partial charge in [-0.05, 0) is 0 Å². The minimum Gasteiger partial charge on any atom is -0.328 e. The molecule has 1 aliphatic heterocycles. The minimum atomic E-state index is -0.198. The second-order valence-corrected chi connectivity index (χ2v) is 2.93. The highest BCUT2D eigenvalue weighted by molar-refractivity contribution is 5.79. The fourth-order valence-electron chi connectivity index (χ4n) is 1.15. The van der Waals surface area contributed by atoms with Gasteiger partial charge in [0.25, 0.3) is 0 Å². The molecule has 5 nitrogen and oxygen atoms in total. The molecule has 2 rings (SSSR count). The number of rotatable bonds is 2. The third-order valence-corrected chi connectivity index (χ3v) is 1.96. The molecule has 1 aromatic heterocycles. The zero-order chi connectivity index (χ0) is 9.26. The molecule has 2 heterocycles. The molecule has 0 N–H and O–H groups in total. The van der Waals surface area contributed by atoms with Crippen molar-refractivity contribution in [2.24, 2.45) is 0 Å². The monoisotopic (exact) mass is 176 g/mol. The Hall–Kier alpha value is -1.83. The van der Waals surface area contributed by atoms with E-state index in [4.69, 9.17) is 5.26 Å². The number of carbonyl (C=O) groups excluding carboxylic acids is 1. The molecule has 1 unspecified atom stereocenters. The molecule has 1 aliphatic rings. The average molecular weight is 176 g/mol. The molecule has 13 heavy (non-hydrogen) atoms. The largest absolute Gasteiger partial charge is 0.328 e. The highest BCUT2D eigenvalue weighted by Crippen LogP contribution is 2.16. The van der Waals surface area contributed by atoms with Crippen LogP contribution in [0.2, 0.25) is 0 Å².